The van der Waals surface area contributed by atoms with Crippen molar-refractivity contribution in [1.82, 2.24) is 10.2 Å². The molecule has 0 radical (unpaired) electrons. The Bertz CT molecular complexity index is 572. The highest BCUT2D eigenvalue weighted by molar-refractivity contribution is 5.84. The molecular weight excluding hydrogens is 302 g/mol. The normalized spacial score (nSPS) is 17.9. The number of hydrogen-bond donors (Lipinski definition) is 2. The monoisotopic (exact) mass is 329 g/mol. The van der Waals surface area contributed by atoms with Crippen LogP contribution >= 0.6 is 0 Å². The number of aliphatic hydroxyl groups excluding tert-OH is 1. The third-order valence-electron chi connectivity index (χ3n) is 4.72. The van der Waals surface area contributed by atoms with Crippen molar-refractivity contribution in [2.45, 2.75) is 32.8 Å². The lowest BCUT2D eigenvalue weighted by atomic mass is 9.93. The molecule has 0 aliphatic carbocycles. The molecule has 0 bridgehead atoms. The molecule has 0 unspecified atom stereocenters. The number of aliphatic hydroxyl groups is 1. The Morgan fingerprint density at radius 1 is 1.38 bits per heavy atom. The van der Waals surface area contributed by atoms with Crippen LogP contribution in [-0.2, 0) is 4.79 Å². The van der Waals surface area contributed by atoms with Crippen LogP contribution in [0.25, 0.3) is 0 Å². The standard InChI is InChI=1S/C19H27N3O2/c1-19(2,14-20)18(24)21-12-15-8-10-22(11-9-15)13-17(23)16-6-4-3-5-7-16/h3-7,15,17,23H,8-13H2,1-2H3,(H,21,24)/t17-/m1/s1. The average Bonchev–Trinajstić information content (AvgIpc) is 2.61. The van der Waals surface area contributed by atoms with Gasteiger partial charge in [-0.3, -0.25) is 4.79 Å². The maximum atomic E-state index is 11.9. The zero-order chi connectivity index (χ0) is 17.6. The molecule has 0 aromatic heterocycles. The zero-order valence-electron chi connectivity index (χ0n) is 14.5. The number of carbonyl (C=O) groups excluding carboxylic acids is 1. The van der Waals surface area contributed by atoms with E-state index in [1.807, 2.05) is 36.4 Å². The number of carbonyl (C=O) groups is 1. The molecule has 0 spiro atoms. The van der Waals surface area contributed by atoms with Crippen molar-refractivity contribution >= 4 is 5.91 Å². The molecule has 1 atom stereocenters. The number of nitriles is 1. The Kier molecular flexibility index (Phi) is 6.36. The topological polar surface area (TPSA) is 76.4 Å². The van der Waals surface area contributed by atoms with Crippen LogP contribution in [0.2, 0.25) is 0 Å². The third kappa shape index (κ3) is 5.05. The van der Waals surface area contributed by atoms with Crippen molar-refractivity contribution in [3.8, 4) is 6.07 Å². The number of benzene rings is 1. The Labute approximate surface area is 144 Å². The van der Waals surface area contributed by atoms with Crippen LogP contribution < -0.4 is 5.32 Å². The minimum absolute atomic E-state index is 0.202. The molecule has 1 heterocycles. The number of hydrogen-bond acceptors (Lipinski definition) is 4. The molecule has 0 saturated carbocycles. The fourth-order valence-electron chi connectivity index (χ4n) is 2.91. The van der Waals surface area contributed by atoms with E-state index in [9.17, 15) is 9.90 Å². The maximum Gasteiger partial charge on any atom is 0.239 e. The lowest BCUT2D eigenvalue weighted by Crippen LogP contribution is -2.42. The van der Waals surface area contributed by atoms with Crippen molar-refractivity contribution in [3.63, 3.8) is 0 Å². The fraction of sp³-hybridized carbons (Fsp3) is 0.579. The first kappa shape index (κ1) is 18.4. The summed E-state index contributed by atoms with van der Waals surface area (Å²) >= 11 is 0. The largest absolute Gasteiger partial charge is 0.387 e. The van der Waals surface area contributed by atoms with E-state index in [1.165, 1.54) is 0 Å². The summed E-state index contributed by atoms with van der Waals surface area (Å²) in [4.78, 5) is 14.2. The number of nitrogens with zero attached hydrogens (tertiary/aromatic N) is 2. The number of nitrogens with one attached hydrogen (secondary N) is 1. The van der Waals surface area contributed by atoms with E-state index in [0.29, 0.717) is 19.0 Å². The Hall–Kier alpha value is -1.90. The molecule has 1 aromatic rings. The molecule has 1 amide bonds. The van der Waals surface area contributed by atoms with Gasteiger partial charge in [-0.15, -0.1) is 0 Å². The first-order chi connectivity index (χ1) is 11.4. The number of rotatable bonds is 6. The summed E-state index contributed by atoms with van der Waals surface area (Å²) in [5.41, 5.74) is -0.0221. The molecule has 5 nitrogen and oxygen atoms in total. The first-order valence-electron chi connectivity index (χ1n) is 8.57. The van der Waals surface area contributed by atoms with E-state index in [4.69, 9.17) is 5.26 Å². The van der Waals surface area contributed by atoms with Crippen molar-refractivity contribution in [1.29, 1.82) is 5.26 Å². The van der Waals surface area contributed by atoms with Crippen LogP contribution in [0.1, 0.15) is 38.4 Å². The van der Waals surface area contributed by atoms with Gasteiger partial charge in [-0.2, -0.15) is 5.26 Å². The van der Waals surface area contributed by atoms with Gasteiger partial charge in [-0.25, -0.2) is 0 Å². The highest BCUT2D eigenvalue weighted by Crippen LogP contribution is 2.21. The molecule has 130 valence electrons. The van der Waals surface area contributed by atoms with Crippen LogP contribution in [0, 0.1) is 22.7 Å². The highest BCUT2D eigenvalue weighted by atomic mass is 16.3. The number of β-amino-alcohol motifs (C(OH)–C–C–N with tert-alkyl or cyclic N) is 1. The van der Waals surface area contributed by atoms with Gasteiger partial charge in [0.15, 0.2) is 0 Å². The minimum Gasteiger partial charge on any atom is -0.387 e. The molecule has 1 saturated heterocycles. The first-order valence-corrected chi connectivity index (χ1v) is 8.57. The number of likely N-dealkylation sites (tertiary alicyclic amines) is 1. The second kappa shape index (κ2) is 8.27. The van der Waals surface area contributed by atoms with E-state index in [1.54, 1.807) is 13.8 Å². The van der Waals surface area contributed by atoms with Gasteiger partial charge in [-0.1, -0.05) is 30.3 Å². The molecule has 1 fully saturated rings. The lowest BCUT2D eigenvalue weighted by Gasteiger charge is -2.33. The van der Waals surface area contributed by atoms with Gasteiger partial charge in [0.25, 0.3) is 0 Å². The number of piperidine rings is 1. The molecule has 24 heavy (non-hydrogen) atoms. The van der Waals surface area contributed by atoms with Gasteiger partial charge in [0.2, 0.25) is 5.91 Å². The summed E-state index contributed by atoms with van der Waals surface area (Å²) < 4.78 is 0. The summed E-state index contributed by atoms with van der Waals surface area (Å²) in [7, 11) is 0. The van der Waals surface area contributed by atoms with Crippen molar-refractivity contribution in [2.24, 2.45) is 11.3 Å². The molecule has 5 heteroatoms. The molecule has 1 aromatic carbocycles. The summed E-state index contributed by atoms with van der Waals surface area (Å²) in [6.07, 6.45) is 1.53. The van der Waals surface area contributed by atoms with Gasteiger partial charge in [0.1, 0.15) is 5.41 Å². The van der Waals surface area contributed by atoms with Crippen molar-refractivity contribution in [3.05, 3.63) is 35.9 Å². The van der Waals surface area contributed by atoms with E-state index in [2.05, 4.69) is 10.2 Å². The molecule has 2 rings (SSSR count). The predicted molar refractivity (Wildman–Crippen MR) is 93.0 cm³/mol. The molecule has 2 N–H and O–H groups in total. The fourth-order valence-corrected chi connectivity index (χ4v) is 2.91. The van der Waals surface area contributed by atoms with Gasteiger partial charge in [0, 0.05) is 13.1 Å². The Balaban J connectivity index is 1.72. The van der Waals surface area contributed by atoms with Crippen LogP contribution in [0.4, 0.5) is 0 Å². The van der Waals surface area contributed by atoms with Gasteiger partial charge in [-0.05, 0) is 51.3 Å². The second-order valence-electron chi connectivity index (χ2n) is 7.12. The molecular formula is C19H27N3O2. The highest BCUT2D eigenvalue weighted by Gasteiger charge is 2.28. The molecule has 1 aliphatic rings. The zero-order valence-corrected chi connectivity index (χ0v) is 14.5. The second-order valence-corrected chi connectivity index (χ2v) is 7.12. The van der Waals surface area contributed by atoms with E-state index < -0.39 is 11.5 Å². The van der Waals surface area contributed by atoms with Crippen LogP contribution in [0.5, 0.6) is 0 Å². The van der Waals surface area contributed by atoms with Crippen molar-refractivity contribution < 1.29 is 9.90 Å². The average molecular weight is 329 g/mol. The molecule has 1 aliphatic heterocycles. The van der Waals surface area contributed by atoms with Gasteiger partial charge >= 0.3 is 0 Å². The lowest BCUT2D eigenvalue weighted by molar-refractivity contribution is -0.127. The summed E-state index contributed by atoms with van der Waals surface area (Å²) in [6.45, 7) is 6.38. The van der Waals surface area contributed by atoms with Crippen molar-refractivity contribution in [2.75, 3.05) is 26.2 Å². The minimum atomic E-state index is -0.972. The maximum absolute atomic E-state index is 11.9. The van der Waals surface area contributed by atoms with Crippen LogP contribution in [-0.4, -0.2) is 42.1 Å². The van der Waals surface area contributed by atoms with Crippen LogP contribution in [0.3, 0.4) is 0 Å². The van der Waals surface area contributed by atoms with E-state index in [-0.39, 0.29) is 5.91 Å². The summed E-state index contributed by atoms with van der Waals surface area (Å²) in [5.74, 6) is 0.237. The quantitative estimate of drug-likeness (QED) is 0.838. The Morgan fingerprint density at radius 3 is 2.58 bits per heavy atom. The van der Waals surface area contributed by atoms with E-state index in [0.717, 1.165) is 31.5 Å². The predicted octanol–water partition coefficient (Wildman–Crippen LogP) is 2.10. The number of amides is 1. The van der Waals surface area contributed by atoms with E-state index >= 15 is 0 Å². The van der Waals surface area contributed by atoms with Gasteiger partial charge < -0.3 is 15.3 Å². The summed E-state index contributed by atoms with van der Waals surface area (Å²) in [6, 6.07) is 11.8. The van der Waals surface area contributed by atoms with Gasteiger partial charge in [0.05, 0.1) is 12.2 Å². The SMILES string of the molecule is CC(C)(C#N)C(=O)NCC1CCN(C[C@@H](O)c2ccccc2)CC1. The Morgan fingerprint density at radius 2 is 2.00 bits per heavy atom. The van der Waals surface area contributed by atoms with Crippen LogP contribution in [0.15, 0.2) is 30.3 Å². The smallest absolute Gasteiger partial charge is 0.239 e. The summed E-state index contributed by atoms with van der Waals surface area (Å²) in [5, 5.41) is 22.2. The third-order valence-corrected chi connectivity index (χ3v) is 4.72.